The largest absolute Gasteiger partial charge is 0.414 e. The van der Waals surface area contributed by atoms with E-state index in [1.54, 1.807) is 0 Å². The topological polar surface area (TPSA) is 54.1 Å². The number of amides is 1. The summed E-state index contributed by atoms with van der Waals surface area (Å²) in [4.78, 5) is 15.4. The summed E-state index contributed by atoms with van der Waals surface area (Å²) >= 11 is 0. The van der Waals surface area contributed by atoms with E-state index < -0.39 is 0 Å². The van der Waals surface area contributed by atoms with Crippen molar-refractivity contribution in [3.8, 4) is 5.88 Å². The van der Waals surface area contributed by atoms with E-state index in [0.29, 0.717) is 5.88 Å². The van der Waals surface area contributed by atoms with Crippen molar-refractivity contribution in [2.45, 2.75) is 59.4 Å². The molecule has 1 aromatic carbocycles. The van der Waals surface area contributed by atoms with Crippen molar-refractivity contribution < 1.29 is 9.53 Å². The number of H-pyrrole nitrogens is 1. The molecule has 0 atom stereocenters. The third-order valence-corrected chi connectivity index (χ3v) is 5.30. The normalized spacial score (nSPS) is 21.2. The average molecular weight is 328 g/mol. The van der Waals surface area contributed by atoms with Crippen LogP contribution in [0.3, 0.4) is 0 Å². The Labute approximate surface area is 144 Å². The maximum Gasteiger partial charge on any atom is 0.414 e. The molecule has 1 heterocycles. The van der Waals surface area contributed by atoms with Gasteiger partial charge in [-0.2, -0.15) is 0 Å². The van der Waals surface area contributed by atoms with E-state index in [1.165, 1.54) is 24.0 Å². The molecule has 0 radical (unpaired) electrons. The minimum Gasteiger partial charge on any atom is -0.393 e. The van der Waals surface area contributed by atoms with Crippen LogP contribution in [-0.2, 0) is 0 Å². The first kappa shape index (κ1) is 16.9. The van der Waals surface area contributed by atoms with Crippen LogP contribution in [0.15, 0.2) is 18.2 Å². The Bertz CT molecular complexity index is 725. The first-order valence-corrected chi connectivity index (χ1v) is 9.00. The molecule has 2 aromatic rings. The van der Waals surface area contributed by atoms with Crippen LogP contribution >= 0.6 is 0 Å². The number of fused-ring (bicyclic) bond motifs is 1. The highest BCUT2D eigenvalue weighted by Crippen LogP contribution is 2.30. The van der Waals surface area contributed by atoms with Gasteiger partial charge in [0, 0.05) is 23.0 Å². The number of hydrogen-bond acceptors (Lipinski definition) is 2. The predicted molar refractivity (Wildman–Crippen MR) is 97.5 cm³/mol. The van der Waals surface area contributed by atoms with Gasteiger partial charge < -0.3 is 15.0 Å². The first-order chi connectivity index (χ1) is 11.4. The van der Waals surface area contributed by atoms with Gasteiger partial charge in [-0.15, -0.1) is 0 Å². The molecule has 1 saturated carbocycles. The standard InChI is InChI=1S/C20H28N2O2/c1-12(2)15-5-7-16(8-6-15)21-20(23)24-19-11-17-14(4)9-13(3)10-18(17)22-19/h9-12,15-16,22H,5-8H2,1-4H3,(H,21,23). The number of carbonyl (C=O) groups excluding carboxylic acids is 1. The summed E-state index contributed by atoms with van der Waals surface area (Å²) in [5.74, 6) is 2.03. The quantitative estimate of drug-likeness (QED) is 0.824. The fourth-order valence-electron chi connectivity index (χ4n) is 3.85. The zero-order valence-electron chi connectivity index (χ0n) is 15.1. The van der Waals surface area contributed by atoms with Gasteiger partial charge in [-0.25, -0.2) is 4.79 Å². The van der Waals surface area contributed by atoms with Crippen molar-refractivity contribution in [3.05, 3.63) is 29.3 Å². The van der Waals surface area contributed by atoms with Crippen LogP contribution in [-0.4, -0.2) is 17.1 Å². The molecular weight excluding hydrogens is 300 g/mol. The molecule has 130 valence electrons. The highest BCUT2D eigenvalue weighted by Gasteiger charge is 2.24. The monoisotopic (exact) mass is 328 g/mol. The second kappa shape index (κ2) is 6.88. The van der Waals surface area contributed by atoms with E-state index in [9.17, 15) is 4.79 Å². The summed E-state index contributed by atoms with van der Waals surface area (Å²) in [6.45, 7) is 8.70. The fraction of sp³-hybridized carbons (Fsp3) is 0.550. The molecule has 0 aliphatic heterocycles. The molecule has 1 aliphatic carbocycles. The van der Waals surface area contributed by atoms with E-state index in [2.05, 4.69) is 50.1 Å². The Morgan fingerprint density at radius 1 is 1.17 bits per heavy atom. The van der Waals surface area contributed by atoms with Crippen LogP contribution in [0.2, 0.25) is 0 Å². The van der Waals surface area contributed by atoms with Crippen LogP contribution in [0.1, 0.15) is 50.7 Å². The smallest absolute Gasteiger partial charge is 0.393 e. The maximum absolute atomic E-state index is 12.2. The molecule has 4 heteroatoms. The molecule has 2 N–H and O–H groups in total. The summed E-state index contributed by atoms with van der Waals surface area (Å²) < 4.78 is 5.47. The fourth-order valence-corrected chi connectivity index (χ4v) is 3.85. The van der Waals surface area contributed by atoms with Crippen molar-refractivity contribution in [1.82, 2.24) is 10.3 Å². The highest BCUT2D eigenvalue weighted by atomic mass is 16.6. The Morgan fingerprint density at radius 2 is 1.88 bits per heavy atom. The van der Waals surface area contributed by atoms with Gasteiger partial charge in [0.15, 0.2) is 0 Å². The SMILES string of the molecule is Cc1cc(C)c2cc(OC(=O)NC3CCC(C(C)C)CC3)[nH]c2c1. The molecule has 1 amide bonds. The molecule has 1 fully saturated rings. The summed E-state index contributed by atoms with van der Waals surface area (Å²) in [6.07, 6.45) is 4.11. The lowest BCUT2D eigenvalue weighted by molar-refractivity contribution is 0.182. The number of nitrogens with one attached hydrogen (secondary N) is 2. The van der Waals surface area contributed by atoms with Crippen molar-refractivity contribution in [2.24, 2.45) is 11.8 Å². The second-order valence-electron chi connectivity index (χ2n) is 7.57. The van der Waals surface area contributed by atoms with Crippen LogP contribution in [0.5, 0.6) is 5.88 Å². The van der Waals surface area contributed by atoms with Crippen molar-refractivity contribution in [3.63, 3.8) is 0 Å². The number of aromatic nitrogens is 1. The zero-order chi connectivity index (χ0) is 17.3. The van der Waals surface area contributed by atoms with Crippen molar-refractivity contribution in [2.75, 3.05) is 0 Å². The number of ether oxygens (including phenoxy) is 1. The molecule has 24 heavy (non-hydrogen) atoms. The van der Waals surface area contributed by atoms with Gasteiger partial charge in [-0.1, -0.05) is 19.9 Å². The molecular formula is C20H28N2O2. The molecule has 0 bridgehead atoms. The molecule has 1 aliphatic rings. The summed E-state index contributed by atoms with van der Waals surface area (Å²) in [7, 11) is 0. The van der Waals surface area contributed by atoms with Crippen molar-refractivity contribution in [1.29, 1.82) is 0 Å². The molecule has 0 unspecified atom stereocenters. The summed E-state index contributed by atoms with van der Waals surface area (Å²) in [5, 5.41) is 4.11. The number of aromatic amines is 1. The first-order valence-electron chi connectivity index (χ1n) is 9.00. The summed E-state index contributed by atoms with van der Waals surface area (Å²) in [5.41, 5.74) is 3.39. The van der Waals surface area contributed by atoms with E-state index in [4.69, 9.17) is 4.74 Å². The van der Waals surface area contributed by atoms with Crippen LogP contribution in [0, 0.1) is 25.7 Å². The summed E-state index contributed by atoms with van der Waals surface area (Å²) in [6, 6.07) is 6.34. The Balaban J connectivity index is 1.58. The van der Waals surface area contributed by atoms with Crippen LogP contribution in [0.4, 0.5) is 4.79 Å². The zero-order valence-corrected chi connectivity index (χ0v) is 15.1. The van der Waals surface area contributed by atoms with Gasteiger partial charge in [0.1, 0.15) is 0 Å². The lowest BCUT2D eigenvalue weighted by Gasteiger charge is -2.30. The predicted octanol–water partition coefficient (Wildman–Crippen LogP) is 5.09. The average Bonchev–Trinajstić information content (AvgIpc) is 2.90. The molecule has 4 nitrogen and oxygen atoms in total. The lowest BCUT2D eigenvalue weighted by atomic mass is 9.80. The van der Waals surface area contributed by atoms with Crippen molar-refractivity contribution >= 4 is 17.0 Å². The van der Waals surface area contributed by atoms with Gasteiger partial charge in [0.05, 0.1) is 0 Å². The van der Waals surface area contributed by atoms with Gasteiger partial charge in [0.2, 0.25) is 5.88 Å². The third-order valence-electron chi connectivity index (χ3n) is 5.30. The van der Waals surface area contributed by atoms with Gasteiger partial charge in [0.25, 0.3) is 0 Å². The second-order valence-corrected chi connectivity index (χ2v) is 7.57. The third kappa shape index (κ3) is 3.74. The Morgan fingerprint density at radius 3 is 2.54 bits per heavy atom. The van der Waals surface area contributed by atoms with E-state index in [-0.39, 0.29) is 12.1 Å². The highest BCUT2D eigenvalue weighted by molar-refractivity contribution is 5.86. The number of carbonyl (C=O) groups is 1. The number of benzene rings is 1. The number of hydrogen-bond donors (Lipinski definition) is 2. The number of aryl methyl sites for hydroxylation is 2. The molecule has 3 rings (SSSR count). The minimum absolute atomic E-state index is 0.237. The molecule has 1 aromatic heterocycles. The Kier molecular flexibility index (Phi) is 4.83. The van der Waals surface area contributed by atoms with Gasteiger partial charge in [-0.3, -0.25) is 0 Å². The Hall–Kier alpha value is -1.97. The minimum atomic E-state index is -0.357. The van der Waals surface area contributed by atoms with Crippen LogP contribution in [0.25, 0.3) is 10.9 Å². The maximum atomic E-state index is 12.2. The van der Waals surface area contributed by atoms with E-state index in [1.807, 2.05) is 6.07 Å². The molecule has 0 spiro atoms. The van der Waals surface area contributed by atoms with Gasteiger partial charge >= 0.3 is 6.09 Å². The lowest BCUT2D eigenvalue weighted by Crippen LogP contribution is -2.39. The van der Waals surface area contributed by atoms with Gasteiger partial charge in [-0.05, 0) is 68.6 Å². The number of rotatable bonds is 3. The van der Waals surface area contributed by atoms with Crippen LogP contribution < -0.4 is 10.1 Å². The van der Waals surface area contributed by atoms with E-state index >= 15 is 0 Å². The van der Waals surface area contributed by atoms with E-state index in [0.717, 1.165) is 35.6 Å². The molecule has 0 saturated heterocycles.